The first-order valence-electron chi connectivity index (χ1n) is 3.57. The molecule has 0 spiro atoms. The van der Waals surface area contributed by atoms with Crippen LogP contribution in [0.1, 0.15) is 0 Å². The van der Waals surface area contributed by atoms with Crippen LogP contribution in [0.3, 0.4) is 0 Å². The summed E-state index contributed by atoms with van der Waals surface area (Å²) in [6.07, 6.45) is 3.73. The Morgan fingerprint density at radius 3 is 3.08 bits per heavy atom. The first-order valence-corrected chi connectivity index (χ1v) is 4.36. The average molecular weight is 226 g/mol. The molecule has 0 aliphatic carbocycles. The molecule has 0 aliphatic heterocycles. The lowest BCUT2D eigenvalue weighted by Crippen LogP contribution is -2.16. The van der Waals surface area contributed by atoms with Gasteiger partial charge in [0.25, 0.3) is 0 Å². The van der Waals surface area contributed by atoms with Crippen LogP contribution in [0.4, 0.5) is 0 Å². The van der Waals surface area contributed by atoms with E-state index in [0.717, 1.165) is 15.4 Å². The molecule has 2 aromatic rings. The van der Waals surface area contributed by atoms with Gasteiger partial charge in [0.05, 0.1) is 5.52 Å². The number of fused-ring (bicyclic) bond motifs is 1. The summed E-state index contributed by atoms with van der Waals surface area (Å²) in [5, 5.41) is 8.77. The van der Waals surface area contributed by atoms with Gasteiger partial charge >= 0.3 is 0 Å². The first-order chi connectivity index (χ1) is 5.70. The molecular weight excluding hydrogens is 218 g/mol. The van der Waals surface area contributed by atoms with Gasteiger partial charge in [-0.15, -0.1) is 0 Å². The lowest BCUT2D eigenvalue weighted by Gasteiger charge is -2.01. The second-order valence-electron chi connectivity index (χ2n) is 2.70. The van der Waals surface area contributed by atoms with Crippen LogP contribution in [-0.2, 0) is 7.05 Å². The molecule has 2 aromatic heterocycles. The van der Waals surface area contributed by atoms with Crippen LogP contribution < -0.4 is 5.49 Å². The standard InChI is InChI=1S/C8H8BrN3/c1-12-4-6(9)5-2-3-11-7(5)8(12)10/h2-4,10-11H,1H3. The van der Waals surface area contributed by atoms with Crippen molar-refractivity contribution >= 4 is 26.8 Å². The lowest BCUT2D eigenvalue weighted by molar-refractivity contribution is 0.825. The van der Waals surface area contributed by atoms with E-state index in [0.29, 0.717) is 5.49 Å². The number of rotatable bonds is 0. The summed E-state index contributed by atoms with van der Waals surface area (Å²) in [6, 6.07) is 1.96. The molecule has 0 atom stereocenters. The maximum absolute atomic E-state index is 7.71. The second kappa shape index (κ2) is 2.48. The normalized spacial score (nSPS) is 10.8. The molecule has 0 radical (unpaired) electrons. The van der Waals surface area contributed by atoms with E-state index in [2.05, 4.69) is 20.9 Å². The van der Waals surface area contributed by atoms with Crippen LogP contribution >= 0.6 is 15.9 Å². The Morgan fingerprint density at radius 2 is 2.33 bits per heavy atom. The monoisotopic (exact) mass is 225 g/mol. The fourth-order valence-corrected chi connectivity index (χ4v) is 1.88. The minimum Gasteiger partial charge on any atom is -0.358 e. The quantitative estimate of drug-likeness (QED) is 0.687. The molecule has 12 heavy (non-hydrogen) atoms. The Labute approximate surface area is 77.7 Å². The van der Waals surface area contributed by atoms with Gasteiger partial charge in [0.1, 0.15) is 5.49 Å². The van der Waals surface area contributed by atoms with Crippen LogP contribution in [0.25, 0.3) is 10.9 Å². The van der Waals surface area contributed by atoms with E-state index in [1.807, 2.05) is 25.5 Å². The number of aryl methyl sites for hydroxylation is 1. The molecule has 0 aliphatic rings. The molecule has 2 N–H and O–H groups in total. The van der Waals surface area contributed by atoms with Crippen molar-refractivity contribution in [3.63, 3.8) is 0 Å². The third kappa shape index (κ3) is 0.914. The maximum atomic E-state index is 7.71. The van der Waals surface area contributed by atoms with Gasteiger partial charge in [-0.05, 0) is 22.0 Å². The molecule has 2 heterocycles. The largest absolute Gasteiger partial charge is 0.358 e. The van der Waals surface area contributed by atoms with Gasteiger partial charge in [-0.25, -0.2) is 0 Å². The molecule has 0 saturated carbocycles. The van der Waals surface area contributed by atoms with Crippen molar-refractivity contribution in [2.45, 2.75) is 0 Å². The molecule has 62 valence electrons. The third-order valence-electron chi connectivity index (χ3n) is 1.90. The molecule has 0 saturated heterocycles. The van der Waals surface area contributed by atoms with E-state index in [-0.39, 0.29) is 0 Å². The summed E-state index contributed by atoms with van der Waals surface area (Å²) in [7, 11) is 1.85. The molecule has 4 heteroatoms. The predicted molar refractivity (Wildman–Crippen MR) is 50.8 cm³/mol. The van der Waals surface area contributed by atoms with Gasteiger partial charge in [0.2, 0.25) is 0 Å². The Morgan fingerprint density at radius 1 is 1.58 bits per heavy atom. The van der Waals surface area contributed by atoms with Gasteiger partial charge < -0.3 is 9.55 Å². The number of hydrogen-bond donors (Lipinski definition) is 2. The molecule has 0 fully saturated rings. The summed E-state index contributed by atoms with van der Waals surface area (Å²) >= 11 is 3.44. The van der Waals surface area contributed by atoms with Crippen LogP contribution in [0.2, 0.25) is 0 Å². The minimum absolute atomic E-state index is 0.498. The van der Waals surface area contributed by atoms with Crippen LogP contribution in [-0.4, -0.2) is 9.55 Å². The van der Waals surface area contributed by atoms with Crippen molar-refractivity contribution in [1.29, 1.82) is 5.41 Å². The third-order valence-corrected chi connectivity index (χ3v) is 2.53. The van der Waals surface area contributed by atoms with Gasteiger partial charge in [-0.2, -0.15) is 0 Å². The van der Waals surface area contributed by atoms with Crippen molar-refractivity contribution in [3.8, 4) is 0 Å². The minimum atomic E-state index is 0.498. The number of halogens is 1. The molecule has 0 bridgehead atoms. The Kier molecular flexibility index (Phi) is 1.58. The molecule has 3 nitrogen and oxygen atoms in total. The topological polar surface area (TPSA) is 44.6 Å². The molecule has 0 amide bonds. The van der Waals surface area contributed by atoms with Crippen molar-refractivity contribution < 1.29 is 0 Å². The Balaban J connectivity index is 3.07. The number of aromatic nitrogens is 2. The fraction of sp³-hybridized carbons (Fsp3) is 0.125. The SMILES string of the molecule is Cn1cc(Br)c2cc[nH]c2c1=N. The van der Waals surface area contributed by atoms with Gasteiger partial charge in [0, 0.05) is 29.3 Å². The summed E-state index contributed by atoms with van der Waals surface area (Å²) in [6.45, 7) is 0. The smallest absolute Gasteiger partial charge is 0.149 e. The molecule has 0 unspecified atom stereocenters. The van der Waals surface area contributed by atoms with Crippen molar-refractivity contribution in [1.82, 2.24) is 9.55 Å². The van der Waals surface area contributed by atoms with Crippen molar-refractivity contribution in [2.24, 2.45) is 7.05 Å². The zero-order chi connectivity index (χ0) is 8.72. The number of hydrogen-bond acceptors (Lipinski definition) is 1. The predicted octanol–water partition coefficient (Wildman–Crippen LogP) is 1.75. The van der Waals surface area contributed by atoms with E-state index < -0.39 is 0 Å². The van der Waals surface area contributed by atoms with E-state index >= 15 is 0 Å². The number of pyridine rings is 1. The van der Waals surface area contributed by atoms with Gasteiger partial charge in [0.15, 0.2) is 0 Å². The van der Waals surface area contributed by atoms with Gasteiger partial charge in [-0.3, -0.25) is 5.41 Å². The molecule has 2 rings (SSSR count). The maximum Gasteiger partial charge on any atom is 0.149 e. The highest BCUT2D eigenvalue weighted by Crippen LogP contribution is 2.19. The number of nitrogens with zero attached hydrogens (tertiary/aromatic N) is 1. The van der Waals surface area contributed by atoms with E-state index in [1.165, 1.54) is 0 Å². The highest BCUT2D eigenvalue weighted by atomic mass is 79.9. The number of H-pyrrole nitrogens is 1. The highest BCUT2D eigenvalue weighted by Gasteiger charge is 2.02. The number of aromatic amines is 1. The van der Waals surface area contributed by atoms with E-state index in [4.69, 9.17) is 5.41 Å². The van der Waals surface area contributed by atoms with Gasteiger partial charge in [-0.1, -0.05) is 0 Å². The second-order valence-corrected chi connectivity index (χ2v) is 3.56. The lowest BCUT2D eigenvalue weighted by atomic mass is 10.3. The fourth-order valence-electron chi connectivity index (χ4n) is 1.24. The first kappa shape index (κ1) is 7.61. The number of nitrogens with one attached hydrogen (secondary N) is 2. The Hall–Kier alpha value is -1.03. The Bertz CT molecular complexity index is 480. The molecular formula is C8H8BrN3. The van der Waals surface area contributed by atoms with Crippen LogP contribution in [0.5, 0.6) is 0 Å². The summed E-state index contributed by atoms with van der Waals surface area (Å²) in [5.74, 6) is 0. The van der Waals surface area contributed by atoms with Crippen LogP contribution in [0, 0.1) is 5.41 Å². The average Bonchev–Trinajstić information content (AvgIpc) is 2.48. The van der Waals surface area contributed by atoms with Crippen molar-refractivity contribution in [2.75, 3.05) is 0 Å². The summed E-state index contributed by atoms with van der Waals surface area (Å²) < 4.78 is 2.78. The highest BCUT2D eigenvalue weighted by molar-refractivity contribution is 9.10. The van der Waals surface area contributed by atoms with Crippen molar-refractivity contribution in [3.05, 3.63) is 28.4 Å². The van der Waals surface area contributed by atoms with E-state index in [1.54, 1.807) is 4.57 Å². The summed E-state index contributed by atoms with van der Waals surface area (Å²) in [4.78, 5) is 3.03. The van der Waals surface area contributed by atoms with Crippen LogP contribution in [0.15, 0.2) is 22.9 Å². The zero-order valence-electron chi connectivity index (χ0n) is 6.56. The summed E-state index contributed by atoms with van der Waals surface area (Å²) in [5.41, 5.74) is 1.37. The zero-order valence-corrected chi connectivity index (χ0v) is 8.14. The van der Waals surface area contributed by atoms with E-state index in [9.17, 15) is 0 Å². The molecule has 0 aromatic carbocycles.